The summed E-state index contributed by atoms with van der Waals surface area (Å²) in [5.41, 5.74) is 1.11. The first-order valence-electron chi connectivity index (χ1n) is 7.52. The van der Waals surface area contributed by atoms with Gasteiger partial charge in [0.1, 0.15) is 6.61 Å². The average molecular weight is 359 g/mol. The zero-order valence-corrected chi connectivity index (χ0v) is 15.1. The first kappa shape index (κ1) is 18.4. The predicted molar refractivity (Wildman–Crippen MR) is 89.8 cm³/mol. The molecule has 21 heavy (non-hydrogen) atoms. The Bertz CT molecular complexity index is 419. The van der Waals surface area contributed by atoms with Crippen LogP contribution in [0, 0.1) is 0 Å². The van der Waals surface area contributed by atoms with Gasteiger partial charge in [-0.25, -0.2) is 4.98 Å². The number of aromatic nitrogens is 1. The number of hydrogen-bond acceptors (Lipinski definition) is 4. The van der Waals surface area contributed by atoms with Crippen molar-refractivity contribution < 1.29 is 9.47 Å². The lowest BCUT2D eigenvalue weighted by Gasteiger charge is -2.21. The van der Waals surface area contributed by atoms with Gasteiger partial charge in [0.2, 0.25) is 5.88 Å². The molecule has 1 heterocycles. The molecule has 0 aliphatic heterocycles. The van der Waals surface area contributed by atoms with Crippen LogP contribution in [0.25, 0.3) is 0 Å². The van der Waals surface area contributed by atoms with Crippen LogP contribution in [0.4, 0.5) is 0 Å². The zero-order valence-electron chi connectivity index (χ0n) is 13.5. The number of pyridine rings is 1. The molecule has 0 spiro atoms. The second kappa shape index (κ2) is 9.38. The molecule has 0 fully saturated rings. The number of ether oxygens (including phenoxy) is 2. The Morgan fingerprint density at radius 3 is 2.67 bits per heavy atom. The van der Waals surface area contributed by atoms with E-state index >= 15 is 0 Å². The van der Waals surface area contributed by atoms with Crippen LogP contribution < -0.4 is 10.1 Å². The van der Waals surface area contributed by atoms with Crippen LogP contribution in [0.1, 0.15) is 46.1 Å². The molecular formula is C16H27BrN2O2. The highest BCUT2D eigenvalue weighted by Crippen LogP contribution is 2.20. The molecule has 0 aliphatic rings. The Balaban J connectivity index is 2.48. The van der Waals surface area contributed by atoms with E-state index in [4.69, 9.17) is 9.47 Å². The molecule has 0 bridgehead atoms. The van der Waals surface area contributed by atoms with Gasteiger partial charge in [0.25, 0.3) is 0 Å². The molecule has 120 valence electrons. The van der Waals surface area contributed by atoms with Gasteiger partial charge in [0.15, 0.2) is 0 Å². The molecule has 0 saturated carbocycles. The van der Waals surface area contributed by atoms with E-state index in [9.17, 15) is 0 Å². The number of nitrogens with zero attached hydrogens (tertiary/aromatic N) is 1. The Hall–Kier alpha value is -0.650. The fourth-order valence-electron chi connectivity index (χ4n) is 1.63. The summed E-state index contributed by atoms with van der Waals surface area (Å²) in [4.78, 5) is 4.35. The van der Waals surface area contributed by atoms with Gasteiger partial charge >= 0.3 is 0 Å². The molecule has 5 heteroatoms. The summed E-state index contributed by atoms with van der Waals surface area (Å²) < 4.78 is 12.2. The van der Waals surface area contributed by atoms with Crippen molar-refractivity contribution in [3.8, 4) is 5.88 Å². The van der Waals surface area contributed by atoms with Gasteiger partial charge in [-0.15, -0.1) is 0 Å². The molecule has 0 unspecified atom stereocenters. The standard InChI is InChI=1S/C16H27BrN2O2/c1-5-6-7-20-8-9-21-15-13(10-14(17)12-18-15)11-19-16(2,3)4/h10,12,19H,5-9,11H2,1-4H3. The monoisotopic (exact) mass is 358 g/mol. The number of rotatable bonds is 9. The highest BCUT2D eigenvalue weighted by Gasteiger charge is 2.12. The normalized spacial score (nSPS) is 11.7. The lowest BCUT2D eigenvalue weighted by atomic mass is 10.1. The highest BCUT2D eigenvalue weighted by molar-refractivity contribution is 9.10. The van der Waals surface area contributed by atoms with E-state index in [1.54, 1.807) is 6.20 Å². The van der Waals surface area contributed by atoms with E-state index in [0.717, 1.165) is 36.0 Å². The van der Waals surface area contributed by atoms with Gasteiger partial charge in [-0.2, -0.15) is 0 Å². The van der Waals surface area contributed by atoms with E-state index < -0.39 is 0 Å². The van der Waals surface area contributed by atoms with Gasteiger partial charge in [0.05, 0.1) is 6.61 Å². The third-order valence-corrected chi connectivity index (χ3v) is 3.24. The number of nitrogens with one attached hydrogen (secondary N) is 1. The maximum atomic E-state index is 5.74. The minimum absolute atomic E-state index is 0.0584. The van der Waals surface area contributed by atoms with Crippen LogP contribution in [0.2, 0.25) is 0 Å². The summed E-state index contributed by atoms with van der Waals surface area (Å²) >= 11 is 3.46. The van der Waals surface area contributed by atoms with Crippen molar-refractivity contribution in [2.45, 2.75) is 52.6 Å². The summed E-state index contributed by atoms with van der Waals surface area (Å²) in [5, 5.41) is 3.45. The van der Waals surface area contributed by atoms with Crippen LogP contribution in [0.3, 0.4) is 0 Å². The topological polar surface area (TPSA) is 43.4 Å². The molecule has 0 saturated heterocycles. The summed E-state index contributed by atoms with van der Waals surface area (Å²) in [7, 11) is 0. The van der Waals surface area contributed by atoms with Crippen LogP contribution in [0.5, 0.6) is 5.88 Å². The lowest BCUT2D eigenvalue weighted by Crippen LogP contribution is -2.35. The quantitative estimate of drug-likeness (QED) is 0.679. The first-order chi connectivity index (χ1) is 9.92. The van der Waals surface area contributed by atoms with Gasteiger partial charge in [-0.1, -0.05) is 13.3 Å². The van der Waals surface area contributed by atoms with Gasteiger partial charge < -0.3 is 14.8 Å². The maximum absolute atomic E-state index is 5.74. The summed E-state index contributed by atoms with van der Waals surface area (Å²) in [6.07, 6.45) is 4.00. The van der Waals surface area contributed by atoms with Crippen molar-refractivity contribution in [2.75, 3.05) is 19.8 Å². The molecule has 4 nitrogen and oxygen atoms in total. The Kier molecular flexibility index (Phi) is 8.22. The van der Waals surface area contributed by atoms with Crippen LogP contribution >= 0.6 is 15.9 Å². The maximum Gasteiger partial charge on any atom is 0.217 e. The Labute approximate surface area is 136 Å². The van der Waals surface area contributed by atoms with Gasteiger partial charge in [-0.3, -0.25) is 0 Å². The van der Waals surface area contributed by atoms with E-state index in [-0.39, 0.29) is 5.54 Å². The molecule has 0 aromatic carbocycles. The third kappa shape index (κ3) is 8.39. The fraction of sp³-hybridized carbons (Fsp3) is 0.688. The lowest BCUT2D eigenvalue weighted by molar-refractivity contribution is 0.0960. The Morgan fingerprint density at radius 2 is 2.00 bits per heavy atom. The largest absolute Gasteiger partial charge is 0.475 e. The first-order valence-corrected chi connectivity index (χ1v) is 8.31. The van der Waals surface area contributed by atoms with Crippen molar-refractivity contribution in [3.63, 3.8) is 0 Å². The number of hydrogen-bond donors (Lipinski definition) is 1. The molecule has 1 N–H and O–H groups in total. The minimum atomic E-state index is 0.0584. The zero-order chi connectivity index (χ0) is 15.7. The van der Waals surface area contributed by atoms with Crippen LogP contribution in [-0.2, 0) is 11.3 Å². The van der Waals surface area contributed by atoms with Crippen molar-refractivity contribution >= 4 is 15.9 Å². The van der Waals surface area contributed by atoms with Crippen molar-refractivity contribution in [1.82, 2.24) is 10.3 Å². The highest BCUT2D eigenvalue weighted by atomic mass is 79.9. The fourth-order valence-corrected chi connectivity index (χ4v) is 2.01. The predicted octanol–water partition coefficient (Wildman–Crippen LogP) is 3.93. The second-order valence-corrected chi connectivity index (χ2v) is 6.95. The van der Waals surface area contributed by atoms with E-state index in [1.165, 1.54) is 0 Å². The number of unbranched alkanes of at least 4 members (excludes halogenated alkanes) is 1. The molecule has 1 aromatic rings. The van der Waals surface area contributed by atoms with Crippen LogP contribution in [0.15, 0.2) is 16.7 Å². The molecule has 1 rings (SSSR count). The Morgan fingerprint density at radius 1 is 1.24 bits per heavy atom. The number of halogens is 1. The van der Waals surface area contributed by atoms with E-state index in [0.29, 0.717) is 19.1 Å². The summed E-state index contributed by atoms with van der Waals surface area (Å²) in [6, 6.07) is 2.04. The van der Waals surface area contributed by atoms with Crippen molar-refractivity contribution in [2.24, 2.45) is 0 Å². The van der Waals surface area contributed by atoms with Crippen molar-refractivity contribution in [1.29, 1.82) is 0 Å². The van der Waals surface area contributed by atoms with Gasteiger partial charge in [-0.05, 0) is 49.2 Å². The molecule has 0 amide bonds. The minimum Gasteiger partial charge on any atom is -0.475 e. The molecule has 0 radical (unpaired) electrons. The van der Waals surface area contributed by atoms with Crippen molar-refractivity contribution in [3.05, 3.63) is 22.3 Å². The third-order valence-electron chi connectivity index (χ3n) is 2.81. The molecule has 0 aliphatic carbocycles. The molecular weight excluding hydrogens is 332 g/mol. The van der Waals surface area contributed by atoms with Gasteiger partial charge in [0, 0.05) is 34.9 Å². The van der Waals surface area contributed by atoms with E-state index in [2.05, 4.69) is 53.9 Å². The molecule has 0 atom stereocenters. The SMILES string of the molecule is CCCCOCCOc1ncc(Br)cc1CNC(C)(C)C. The molecule has 1 aromatic heterocycles. The summed E-state index contributed by atoms with van der Waals surface area (Å²) in [6.45, 7) is 11.2. The average Bonchev–Trinajstić information content (AvgIpc) is 2.41. The van der Waals surface area contributed by atoms with Crippen LogP contribution in [-0.4, -0.2) is 30.3 Å². The summed E-state index contributed by atoms with van der Waals surface area (Å²) in [5.74, 6) is 0.675. The smallest absolute Gasteiger partial charge is 0.217 e. The van der Waals surface area contributed by atoms with E-state index in [1.807, 2.05) is 6.07 Å². The second-order valence-electron chi connectivity index (χ2n) is 6.04.